The van der Waals surface area contributed by atoms with Crippen LogP contribution in [-0.2, 0) is 19.1 Å². The molecular weight excluding hydrogens is 446 g/mol. The van der Waals surface area contributed by atoms with Crippen molar-refractivity contribution in [1.82, 2.24) is 0 Å². The summed E-state index contributed by atoms with van der Waals surface area (Å²) in [4.78, 5) is 27.8. The lowest BCUT2D eigenvalue weighted by molar-refractivity contribution is -0.137. The zero-order valence-corrected chi connectivity index (χ0v) is 19.8. The predicted molar refractivity (Wildman–Crippen MR) is 129 cm³/mol. The second-order valence-corrected chi connectivity index (χ2v) is 9.70. The highest BCUT2D eigenvalue weighted by Crippen LogP contribution is 2.60. The first-order valence-electron chi connectivity index (χ1n) is 10.1. The average molecular weight is 470 g/mol. The monoisotopic (exact) mass is 469 g/mol. The predicted octanol–water partition coefficient (Wildman–Crippen LogP) is 4.69. The molecule has 0 amide bonds. The van der Waals surface area contributed by atoms with Gasteiger partial charge < -0.3 is 14.4 Å². The molecule has 9 heteroatoms. The van der Waals surface area contributed by atoms with Crippen LogP contribution in [0.5, 0.6) is 0 Å². The highest BCUT2D eigenvalue weighted by molar-refractivity contribution is 8.29. The lowest BCUT2D eigenvalue weighted by atomic mass is 10.2. The number of anilines is 2. The molecule has 0 bridgehead atoms. The van der Waals surface area contributed by atoms with Crippen molar-refractivity contribution in [2.45, 2.75) is 25.1 Å². The molecule has 1 unspecified atom stereocenters. The van der Waals surface area contributed by atoms with Gasteiger partial charge in [0, 0.05) is 11.4 Å². The van der Waals surface area contributed by atoms with E-state index in [9.17, 15) is 9.59 Å². The second-order valence-electron chi connectivity index (χ2n) is 7.10. The molecule has 32 heavy (non-hydrogen) atoms. The third-order valence-electron chi connectivity index (χ3n) is 4.98. The van der Waals surface area contributed by atoms with Gasteiger partial charge in [-0.15, -0.1) is 0 Å². The van der Waals surface area contributed by atoms with Crippen molar-refractivity contribution in [3.8, 4) is 0 Å². The summed E-state index contributed by atoms with van der Waals surface area (Å²) in [5.41, 5.74) is 3.48. The van der Waals surface area contributed by atoms with Crippen LogP contribution in [0.2, 0.25) is 0 Å². The number of para-hydroxylation sites is 1. The van der Waals surface area contributed by atoms with Crippen molar-refractivity contribution < 1.29 is 19.1 Å². The maximum absolute atomic E-state index is 12.8. The Balaban J connectivity index is 1.89. The SMILES string of the molecule is CCOC(=O)C1=C(C)N(c2ccccc2)C2(SC(C(=O)OC)=NN2c2ccc(C)cc2)S1. The van der Waals surface area contributed by atoms with Gasteiger partial charge in [-0.05, 0) is 56.8 Å². The summed E-state index contributed by atoms with van der Waals surface area (Å²) in [6.45, 7) is 5.93. The zero-order chi connectivity index (χ0) is 22.9. The van der Waals surface area contributed by atoms with Gasteiger partial charge in [-0.25, -0.2) is 14.6 Å². The lowest BCUT2D eigenvalue weighted by Crippen LogP contribution is -2.49. The number of ether oxygens (including phenoxy) is 2. The van der Waals surface area contributed by atoms with E-state index in [2.05, 4.69) is 5.10 Å². The molecule has 0 aliphatic carbocycles. The van der Waals surface area contributed by atoms with Gasteiger partial charge in [-0.2, -0.15) is 5.10 Å². The number of aryl methyl sites for hydroxylation is 1. The van der Waals surface area contributed by atoms with Crippen LogP contribution in [0.25, 0.3) is 0 Å². The summed E-state index contributed by atoms with van der Waals surface area (Å²) in [7, 11) is 1.33. The van der Waals surface area contributed by atoms with Crippen molar-refractivity contribution >= 4 is 51.9 Å². The Labute approximate surface area is 195 Å². The van der Waals surface area contributed by atoms with Gasteiger partial charge in [0.2, 0.25) is 9.37 Å². The molecule has 4 rings (SSSR count). The molecule has 1 spiro atoms. The van der Waals surface area contributed by atoms with Crippen LogP contribution in [0.1, 0.15) is 19.4 Å². The number of methoxy groups -OCH3 is 1. The molecule has 2 heterocycles. The maximum atomic E-state index is 12.8. The Morgan fingerprint density at radius 2 is 1.66 bits per heavy atom. The van der Waals surface area contributed by atoms with E-state index in [-0.39, 0.29) is 11.7 Å². The number of hydrogen-bond acceptors (Lipinski definition) is 9. The fourth-order valence-electron chi connectivity index (χ4n) is 3.51. The minimum Gasteiger partial charge on any atom is -0.464 e. The number of nitrogens with zero attached hydrogens (tertiary/aromatic N) is 3. The van der Waals surface area contributed by atoms with Gasteiger partial charge in [-0.1, -0.05) is 47.7 Å². The first-order valence-corrected chi connectivity index (χ1v) is 11.7. The molecule has 0 aromatic heterocycles. The van der Waals surface area contributed by atoms with Gasteiger partial charge in [0.25, 0.3) is 0 Å². The number of hydrogen-bond donors (Lipinski definition) is 0. The van der Waals surface area contributed by atoms with Crippen LogP contribution in [0.4, 0.5) is 11.4 Å². The molecule has 0 saturated carbocycles. The van der Waals surface area contributed by atoms with E-state index in [0.717, 1.165) is 22.6 Å². The molecule has 2 aliphatic rings. The number of carbonyl (C=O) groups excluding carboxylic acids is 2. The number of carbonyl (C=O) groups is 2. The molecule has 166 valence electrons. The van der Waals surface area contributed by atoms with E-state index in [1.165, 1.54) is 30.6 Å². The Morgan fingerprint density at radius 1 is 0.969 bits per heavy atom. The van der Waals surface area contributed by atoms with Gasteiger partial charge in [0.1, 0.15) is 4.91 Å². The maximum Gasteiger partial charge on any atom is 0.365 e. The minimum atomic E-state index is -0.980. The third-order valence-corrected chi connectivity index (χ3v) is 7.83. The Hall–Kier alpha value is -2.91. The summed E-state index contributed by atoms with van der Waals surface area (Å²) in [5, 5.41) is 6.62. The molecule has 2 aromatic rings. The minimum absolute atomic E-state index is 0.208. The fraction of sp³-hybridized carbons (Fsp3) is 0.261. The molecular formula is C23H23N3O4S2. The molecule has 0 fully saturated rings. The largest absolute Gasteiger partial charge is 0.464 e. The number of rotatable bonds is 5. The van der Waals surface area contributed by atoms with E-state index in [1.54, 1.807) is 11.9 Å². The Kier molecular flexibility index (Phi) is 6.21. The molecule has 0 saturated heterocycles. The van der Waals surface area contributed by atoms with E-state index in [4.69, 9.17) is 9.47 Å². The van der Waals surface area contributed by atoms with Crippen LogP contribution in [0, 0.1) is 6.92 Å². The molecule has 7 nitrogen and oxygen atoms in total. The van der Waals surface area contributed by atoms with Gasteiger partial charge in [0.05, 0.1) is 19.4 Å². The van der Waals surface area contributed by atoms with Crippen LogP contribution < -0.4 is 9.91 Å². The number of benzene rings is 2. The topological polar surface area (TPSA) is 71.4 Å². The molecule has 2 aliphatic heterocycles. The smallest absolute Gasteiger partial charge is 0.365 e. The van der Waals surface area contributed by atoms with Crippen molar-refractivity contribution in [1.29, 1.82) is 0 Å². The standard InChI is InChI=1S/C23H23N3O4S2/c1-5-30-21(27)19-16(3)25(17-9-7-6-8-10-17)23(31-19)26(18-13-11-15(2)12-14-18)24-20(32-23)22(28)29-4/h6-14H,5H2,1-4H3. The van der Waals surface area contributed by atoms with Gasteiger partial charge in [0.15, 0.2) is 0 Å². The number of hydrazone groups is 1. The zero-order valence-electron chi connectivity index (χ0n) is 18.2. The molecule has 2 aromatic carbocycles. The summed E-state index contributed by atoms with van der Waals surface area (Å²) >= 11 is 2.56. The first kappa shape index (κ1) is 22.3. The van der Waals surface area contributed by atoms with Crippen LogP contribution in [0.15, 0.2) is 70.3 Å². The van der Waals surface area contributed by atoms with Crippen molar-refractivity contribution in [3.63, 3.8) is 0 Å². The van der Waals surface area contributed by atoms with Crippen molar-refractivity contribution in [2.75, 3.05) is 23.6 Å². The van der Waals surface area contributed by atoms with E-state index in [0.29, 0.717) is 4.91 Å². The summed E-state index contributed by atoms with van der Waals surface area (Å²) in [6.07, 6.45) is 0. The molecule has 1 atom stereocenters. The molecule has 0 radical (unpaired) electrons. The Bertz CT molecular complexity index is 1100. The number of esters is 2. The van der Waals surface area contributed by atoms with Crippen LogP contribution >= 0.6 is 23.5 Å². The van der Waals surface area contributed by atoms with Crippen LogP contribution in [0.3, 0.4) is 0 Å². The lowest BCUT2D eigenvalue weighted by Gasteiger charge is -2.41. The Morgan fingerprint density at radius 3 is 2.28 bits per heavy atom. The van der Waals surface area contributed by atoms with E-state index >= 15 is 0 Å². The quantitative estimate of drug-likeness (QED) is 0.584. The summed E-state index contributed by atoms with van der Waals surface area (Å²) < 4.78 is 9.32. The van der Waals surface area contributed by atoms with Crippen LogP contribution in [-0.4, -0.2) is 35.0 Å². The van der Waals surface area contributed by atoms with E-state index < -0.39 is 16.3 Å². The number of allylic oxidation sites excluding steroid dienone is 1. The van der Waals surface area contributed by atoms with Gasteiger partial charge in [-0.3, -0.25) is 0 Å². The molecule has 0 N–H and O–H groups in total. The first-order chi connectivity index (χ1) is 15.4. The normalized spacial score (nSPS) is 20.1. The fourth-order valence-corrected chi connectivity index (χ4v) is 6.48. The van der Waals surface area contributed by atoms with E-state index in [1.807, 2.05) is 73.3 Å². The van der Waals surface area contributed by atoms with Crippen molar-refractivity contribution in [3.05, 3.63) is 70.8 Å². The second kappa shape index (κ2) is 8.91. The van der Waals surface area contributed by atoms with Gasteiger partial charge >= 0.3 is 11.9 Å². The highest BCUT2D eigenvalue weighted by Gasteiger charge is 2.58. The summed E-state index contributed by atoms with van der Waals surface area (Å²) in [5.74, 6) is -0.927. The number of thioether (sulfide) groups is 2. The summed E-state index contributed by atoms with van der Waals surface area (Å²) in [6, 6.07) is 17.6. The highest BCUT2D eigenvalue weighted by atomic mass is 32.2. The third kappa shape index (κ3) is 3.75. The average Bonchev–Trinajstić information content (AvgIpc) is 3.32. The van der Waals surface area contributed by atoms with Crippen molar-refractivity contribution in [2.24, 2.45) is 5.10 Å².